The summed E-state index contributed by atoms with van der Waals surface area (Å²) in [7, 11) is 0. The first-order valence-corrected chi connectivity index (χ1v) is 6.38. The Morgan fingerprint density at radius 3 is 2.37 bits per heavy atom. The van der Waals surface area contributed by atoms with Crippen molar-refractivity contribution in [3.63, 3.8) is 0 Å². The van der Waals surface area contributed by atoms with E-state index >= 15 is 0 Å². The van der Waals surface area contributed by atoms with Crippen molar-refractivity contribution in [2.45, 2.75) is 25.2 Å². The molecule has 1 atom stereocenters. The second-order valence-electron chi connectivity index (χ2n) is 4.60. The molecule has 0 aliphatic rings. The van der Waals surface area contributed by atoms with Gasteiger partial charge in [0.2, 0.25) is 0 Å². The number of carboxylic acid groups (broad SMARTS) is 1. The number of benzene rings is 1. The highest BCUT2D eigenvalue weighted by Crippen LogP contribution is 2.32. The lowest BCUT2D eigenvalue weighted by Crippen LogP contribution is -2.37. The Kier molecular flexibility index (Phi) is 3.95. The van der Waals surface area contributed by atoms with Crippen LogP contribution in [0.1, 0.15) is 24.6 Å². The number of carbonyl (C=O) groups is 1. The van der Waals surface area contributed by atoms with Crippen LogP contribution < -0.4 is 0 Å². The molecule has 3 nitrogen and oxygen atoms in total. The van der Waals surface area contributed by atoms with E-state index in [0.717, 1.165) is 11.3 Å². The summed E-state index contributed by atoms with van der Waals surface area (Å²) < 4.78 is 0. The van der Waals surface area contributed by atoms with Gasteiger partial charge in [0, 0.05) is 18.3 Å². The van der Waals surface area contributed by atoms with Crippen molar-refractivity contribution in [1.29, 1.82) is 0 Å². The van der Waals surface area contributed by atoms with Gasteiger partial charge >= 0.3 is 5.97 Å². The number of carboxylic acids is 1. The summed E-state index contributed by atoms with van der Waals surface area (Å²) >= 11 is 0. The molecular formula is C16H17NO2. The zero-order valence-electron chi connectivity index (χ0n) is 10.9. The van der Waals surface area contributed by atoms with Gasteiger partial charge in [-0.25, -0.2) is 0 Å². The van der Waals surface area contributed by atoms with Crippen molar-refractivity contribution >= 4 is 5.97 Å². The molecule has 2 aromatic rings. The van der Waals surface area contributed by atoms with Gasteiger partial charge in [0.25, 0.3) is 0 Å². The van der Waals surface area contributed by atoms with Gasteiger partial charge < -0.3 is 5.11 Å². The number of aliphatic carboxylic acids is 1. The molecule has 3 heteroatoms. The Labute approximate surface area is 112 Å². The van der Waals surface area contributed by atoms with Gasteiger partial charge in [0.15, 0.2) is 0 Å². The lowest BCUT2D eigenvalue weighted by Gasteiger charge is -2.28. The summed E-state index contributed by atoms with van der Waals surface area (Å²) in [6.07, 6.45) is 2.63. The molecule has 1 aromatic heterocycles. The molecule has 1 unspecified atom stereocenters. The minimum absolute atomic E-state index is 0.406. The van der Waals surface area contributed by atoms with E-state index in [-0.39, 0.29) is 0 Å². The number of hydrogen-bond acceptors (Lipinski definition) is 2. The second kappa shape index (κ2) is 5.65. The van der Waals surface area contributed by atoms with Crippen molar-refractivity contribution < 1.29 is 9.90 Å². The molecule has 1 heterocycles. The highest BCUT2D eigenvalue weighted by atomic mass is 16.4. The van der Waals surface area contributed by atoms with Gasteiger partial charge in [-0.15, -0.1) is 0 Å². The third-order valence-corrected chi connectivity index (χ3v) is 3.55. The average Bonchev–Trinajstić information content (AvgIpc) is 2.46. The van der Waals surface area contributed by atoms with E-state index in [1.165, 1.54) is 0 Å². The minimum atomic E-state index is -0.907. The van der Waals surface area contributed by atoms with Crippen LogP contribution in [-0.2, 0) is 16.6 Å². The monoisotopic (exact) mass is 255 g/mol. The lowest BCUT2D eigenvalue weighted by atomic mass is 9.74. The van der Waals surface area contributed by atoms with Gasteiger partial charge in [-0.2, -0.15) is 0 Å². The third-order valence-electron chi connectivity index (χ3n) is 3.55. The molecule has 0 radical (unpaired) electrons. The van der Waals surface area contributed by atoms with Crippen molar-refractivity contribution in [2.75, 3.05) is 0 Å². The maximum Gasteiger partial charge on any atom is 0.314 e. The van der Waals surface area contributed by atoms with Crippen LogP contribution in [0.15, 0.2) is 54.7 Å². The van der Waals surface area contributed by atoms with Crippen LogP contribution in [0.5, 0.6) is 0 Å². The molecule has 98 valence electrons. The van der Waals surface area contributed by atoms with E-state index in [2.05, 4.69) is 4.98 Å². The summed E-state index contributed by atoms with van der Waals surface area (Å²) in [4.78, 5) is 16.1. The van der Waals surface area contributed by atoms with Gasteiger partial charge in [0.1, 0.15) is 0 Å². The van der Waals surface area contributed by atoms with E-state index in [1.54, 1.807) is 6.20 Å². The zero-order valence-corrected chi connectivity index (χ0v) is 10.9. The molecule has 0 saturated carbocycles. The maximum atomic E-state index is 11.8. The van der Waals surface area contributed by atoms with E-state index in [0.29, 0.717) is 12.8 Å². The largest absolute Gasteiger partial charge is 0.481 e. The fourth-order valence-corrected chi connectivity index (χ4v) is 2.35. The van der Waals surface area contributed by atoms with Crippen molar-refractivity contribution in [2.24, 2.45) is 0 Å². The van der Waals surface area contributed by atoms with Crippen LogP contribution >= 0.6 is 0 Å². The summed E-state index contributed by atoms with van der Waals surface area (Å²) in [5, 5.41) is 9.71. The Morgan fingerprint density at radius 2 is 1.84 bits per heavy atom. The lowest BCUT2D eigenvalue weighted by molar-refractivity contribution is -0.144. The second-order valence-corrected chi connectivity index (χ2v) is 4.60. The minimum Gasteiger partial charge on any atom is -0.481 e. The quantitative estimate of drug-likeness (QED) is 0.893. The SMILES string of the molecule is CCC(Cc1ccccn1)(C(=O)O)c1ccccc1. The van der Waals surface area contributed by atoms with Crippen molar-refractivity contribution in [1.82, 2.24) is 4.98 Å². The molecule has 0 aliphatic heterocycles. The summed E-state index contributed by atoms with van der Waals surface area (Å²) in [6.45, 7) is 1.91. The van der Waals surface area contributed by atoms with E-state index in [9.17, 15) is 9.90 Å². The molecule has 1 N–H and O–H groups in total. The van der Waals surface area contributed by atoms with Crippen molar-refractivity contribution in [3.05, 3.63) is 66.0 Å². The van der Waals surface area contributed by atoms with Gasteiger partial charge in [0.05, 0.1) is 5.41 Å². The first-order chi connectivity index (χ1) is 9.19. The smallest absolute Gasteiger partial charge is 0.314 e. The molecule has 1 aromatic carbocycles. The Morgan fingerprint density at radius 1 is 1.16 bits per heavy atom. The Bertz CT molecular complexity index is 539. The number of pyridine rings is 1. The molecule has 0 aliphatic carbocycles. The van der Waals surface area contributed by atoms with Crippen LogP contribution in [-0.4, -0.2) is 16.1 Å². The average molecular weight is 255 g/mol. The molecule has 0 fully saturated rings. The van der Waals surface area contributed by atoms with Crippen LogP contribution in [0.4, 0.5) is 0 Å². The summed E-state index contributed by atoms with van der Waals surface area (Å²) in [5.41, 5.74) is 0.724. The third kappa shape index (κ3) is 2.65. The molecule has 2 rings (SSSR count). The summed E-state index contributed by atoms with van der Waals surface area (Å²) in [5.74, 6) is -0.799. The Balaban J connectivity index is 2.44. The highest BCUT2D eigenvalue weighted by Gasteiger charge is 2.39. The van der Waals surface area contributed by atoms with Gasteiger partial charge in [-0.3, -0.25) is 9.78 Å². The predicted octanol–water partition coefficient (Wildman–Crippen LogP) is 3.06. The van der Waals surface area contributed by atoms with Crippen LogP contribution in [0.25, 0.3) is 0 Å². The fourth-order valence-electron chi connectivity index (χ4n) is 2.35. The number of aromatic nitrogens is 1. The number of rotatable bonds is 5. The zero-order chi connectivity index (χ0) is 13.7. The maximum absolute atomic E-state index is 11.8. The molecule has 0 bridgehead atoms. The van der Waals surface area contributed by atoms with E-state index < -0.39 is 11.4 Å². The van der Waals surface area contributed by atoms with Crippen molar-refractivity contribution in [3.8, 4) is 0 Å². The van der Waals surface area contributed by atoms with Gasteiger partial charge in [-0.1, -0.05) is 43.3 Å². The molecule has 0 spiro atoms. The number of nitrogens with zero attached hydrogens (tertiary/aromatic N) is 1. The molecule has 0 saturated heterocycles. The first-order valence-electron chi connectivity index (χ1n) is 6.38. The predicted molar refractivity (Wildman–Crippen MR) is 74.0 cm³/mol. The Hall–Kier alpha value is -2.16. The van der Waals surface area contributed by atoms with E-state index in [4.69, 9.17) is 0 Å². The van der Waals surface area contributed by atoms with Gasteiger partial charge in [-0.05, 0) is 24.1 Å². The normalized spacial score (nSPS) is 13.7. The number of hydrogen-bond donors (Lipinski definition) is 1. The summed E-state index contributed by atoms with van der Waals surface area (Å²) in [6, 6.07) is 15.0. The topological polar surface area (TPSA) is 50.2 Å². The molecule has 0 amide bonds. The fraction of sp³-hybridized carbons (Fsp3) is 0.250. The van der Waals surface area contributed by atoms with Crippen LogP contribution in [0.3, 0.4) is 0 Å². The highest BCUT2D eigenvalue weighted by molar-refractivity contribution is 5.81. The molecule has 19 heavy (non-hydrogen) atoms. The first kappa shape index (κ1) is 13.3. The van der Waals surface area contributed by atoms with E-state index in [1.807, 2.05) is 55.5 Å². The van der Waals surface area contributed by atoms with Crippen LogP contribution in [0, 0.1) is 0 Å². The standard InChI is InChI=1S/C16H17NO2/c1-2-16(15(18)19,13-8-4-3-5-9-13)12-14-10-6-7-11-17-14/h3-11H,2,12H2,1H3,(H,18,19). The molecular weight excluding hydrogens is 238 g/mol. The van der Waals surface area contributed by atoms with Crippen LogP contribution in [0.2, 0.25) is 0 Å².